The van der Waals surface area contributed by atoms with Crippen molar-refractivity contribution in [3.8, 4) is 34.0 Å². The summed E-state index contributed by atoms with van der Waals surface area (Å²) in [6, 6.07) is 33.8. The number of benzene rings is 4. The monoisotopic (exact) mass is 660 g/mol. The second-order valence-electron chi connectivity index (χ2n) is 13.4. The molecule has 0 fully saturated rings. The van der Waals surface area contributed by atoms with Crippen molar-refractivity contribution in [1.29, 1.82) is 0 Å². The lowest BCUT2D eigenvalue weighted by atomic mass is 9.99. The first kappa shape index (κ1) is 29.3. The zero-order valence-corrected chi connectivity index (χ0v) is 28.6. The van der Waals surface area contributed by atoms with Gasteiger partial charge in [-0.15, -0.1) is 0 Å². The van der Waals surface area contributed by atoms with Crippen molar-refractivity contribution in [2.75, 3.05) is 0 Å². The molecule has 0 amide bonds. The van der Waals surface area contributed by atoms with Gasteiger partial charge in [0.1, 0.15) is 34.1 Å². The largest absolute Gasteiger partial charge is 0.457 e. The van der Waals surface area contributed by atoms with E-state index in [4.69, 9.17) is 24.7 Å². The molecule has 0 aliphatic rings. The molecule has 7 nitrogen and oxygen atoms in total. The molecule has 6 aromatic heterocycles. The van der Waals surface area contributed by atoms with Crippen molar-refractivity contribution in [3.05, 3.63) is 144 Å². The van der Waals surface area contributed by atoms with Gasteiger partial charge in [-0.25, -0.2) is 19.9 Å². The van der Waals surface area contributed by atoms with Gasteiger partial charge in [-0.05, 0) is 121 Å². The van der Waals surface area contributed by atoms with E-state index in [1.54, 1.807) is 0 Å². The Bertz CT molecular complexity index is 2820. The Labute approximate surface area is 293 Å². The fraction of sp³-hybridized carbons (Fsp3) is 0.0909. The maximum atomic E-state index is 6.57. The smallest absolute Gasteiger partial charge is 0.146 e. The second kappa shape index (κ2) is 11.0. The van der Waals surface area contributed by atoms with E-state index in [0.29, 0.717) is 0 Å². The molecular formula is C44H32N6O. The molecule has 0 atom stereocenters. The Hall–Kier alpha value is -6.60. The van der Waals surface area contributed by atoms with Crippen LogP contribution in [-0.4, -0.2) is 28.7 Å². The SMILES string of the molecule is Cc1cccc(C)c1-c1ccc2c3ccc(Oc4ccc5c(c4)c4nccn4c4nc(-c6c(C)cccc6C)ccc54)cc3c3nccn3c2n1. The zero-order chi connectivity index (χ0) is 34.4. The molecular weight excluding hydrogens is 629 g/mol. The van der Waals surface area contributed by atoms with E-state index >= 15 is 0 Å². The summed E-state index contributed by atoms with van der Waals surface area (Å²) >= 11 is 0. The average molecular weight is 661 g/mol. The summed E-state index contributed by atoms with van der Waals surface area (Å²) in [7, 11) is 0. The summed E-state index contributed by atoms with van der Waals surface area (Å²) < 4.78 is 10.7. The quantitative estimate of drug-likeness (QED) is 0.176. The third kappa shape index (κ3) is 4.44. The van der Waals surface area contributed by atoms with Gasteiger partial charge in [-0.3, -0.25) is 8.80 Å². The molecule has 10 rings (SSSR count). The van der Waals surface area contributed by atoms with Gasteiger partial charge in [-0.1, -0.05) is 36.4 Å². The Morgan fingerprint density at radius 3 is 1.27 bits per heavy atom. The van der Waals surface area contributed by atoms with Crippen LogP contribution in [0.4, 0.5) is 0 Å². The number of fused-ring (bicyclic) bond motifs is 12. The summed E-state index contributed by atoms with van der Waals surface area (Å²) in [5.74, 6) is 1.46. The maximum Gasteiger partial charge on any atom is 0.146 e. The van der Waals surface area contributed by atoms with Crippen molar-refractivity contribution in [1.82, 2.24) is 28.7 Å². The number of aryl methyl sites for hydroxylation is 4. The molecule has 0 radical (unpaired) electrons. The van der Waals surface area contributed by atoms with Crippen molar-refractivity contribution >= 4 is 54.9 Å². The van der Waals surface area contributed by atoms with Crippen LogP contribution in [0.5, 0.6) is 11.5 Å². The maximum absolute atomic E-state index is 6.57. The molecule has 0 N–H and O–H groups in total. The minimum Gasteiger partial charge on any atom is -0.457 e. The van der Waals surface area contributed by atoms with Gasteiger partial charge in [0.05, 0.1) is 11.4 Å². The molecule has 10 aromatic rings. The number of imidazole rings is 2. The van der Waals surface area contributed by atoms with Crippen LogP contribution >= 0.6 is 0 Å². The zero-order valence-electron chi connectivity index (χ0n) is 28.6. The molecule has 244 valence electrons. The van der Waals surface area contributed by atoms with Crippen LogP contribution in [0.15, 0.2) is 122 Å². The van der Waals surface area contributed by atoms with E-state index in [1.165, 1.54) is 33.4 Å². The normalized spacial score (nSPS) is 11.9. The summed E-state index contributed by atoms with van der Waals surface area (Å²) in [4.78, 5) is 19.9. The minimum absolute atomic E-state index is 0.728. The van der Waals surface area contributed by atoms with Gasteiger partial charge in [0.15, 0.2) is 0 Å². The van der Waals surface area contributed by atoms with E-state index < -0.39 is 0 Å². The summed E-state index contributed by atoms with van der Waals surface area (Å²) in [5.41, 5.74) is 12.5. The van der Waals surface area contributed by atoms with Crippen LogP contribution in [0.1, 0.15) is 22.3 Å². The van der Waals surface area contributed by atoms with Crippen LogP contribution in [0.25, 0.3) is 77.4 Å². The summed E-state index contributed by atoms with van der Waals surface area (Å²) in [6.07, 6.45) is 7.63. The molecule has 0 aliphatic carbocycles. The van der Waals surface area contributed by atoms with Gasteiger partial charge >= 0.3 is 0 Å². The van der Waals surface area contributed by atoms with Crippen molar-refractivity contribution in [3.63, 3.8) is 0 Å². The number of ether oxygens (including phenoxy) is 1. The van der Waals surface area contributed by atoms with Gasteiger partial charge < -0.3 is 4.74 Å². The first-order valence-corrected chi connectivity index (χ1v) is 17.1. The summed E-state index contributed by atoms with van der Waals surface area (Å²) in [5, 5.41) is 6.28. The van der Waals surface area contributed by atoms with Gasteiger partial charge in [0.25, 0.3) is 0 Å². The number of nitrogens with zero attached hydrogens (tertiary/aromatic N) is 6. The molecule has 0 saturated carbocycles. The molecule has 6 heterocycles. The highest BCUT2D eigenvalue weighted by Gasteiger charge is 2.17. The lowest BCUT2D eigenvalue weighted by Crippen LogP contribution is -1.98. The number of rotatable bonds is 4. The van der Waals surface area contributed by atoms with E-state index in [-0.39, 0.29) is 0 Å². The van der Waals surface area contributed by atoms with Crippen molar-refractivity contribution < 1.29 is 4.74 Å². The first-order valence-electron chi connectivity index (χ1n) is 17.1. The Balaban J connectivity index is 1.07. The van der Waals surface area contributed by atoms with Crippen LogP contribution in [0.2, 0.25) is 0 Å². The fourth-order valence-corrected chi connectivity index (χ4v) is 7.90. The van der Waals surface area contributed by atoms with E-state index in [9.17, 15) is 0 Å². The van der Waals surface area contributed by atoms with Crippen molar-refractivity contribution in [2.24, 2.45) is 0 Å². The average Bonchev–Trinajstić information content (AvgIpc) is 3.83. The van der Waals surface area contributed by atoms with Crippen LogP contribution < -0.4 is 4.74 Å². The molecule has 0 aliphatic heterocycles. The lowest BCUT2D eigenvalue weighted by Gasteiger charge is -2.14. The Morgan fingerprint density at radius 1 is 0.431 bits per heavy atom. The predicted octanol–water partition coefficient (Wildman–Crippen LogP) is 10.7. The topological polar surface area (TPSA) is 69.6 Å². The highest BCUT2D eigenvalue weighted by Crippen LogP contribution is 2.37. The second-order valence-corrected chi connectivity index (χ2v) is 13.4. The minimum atomic E-state index is 0.728. The molecule has 0 unspecified atom stereocenters. The highest BCUT2D eigenvalue weighted by atomic mass is 16.5. The molecule has 0 saturated heterocycles. The Morgan fingerprint density at radius 2 is 0.843 bits per heavy atom. The standard InChI is InChI=1S/C44H32N6O/c1-25-7-5-8-26(2)39(25)37-17-15-33-31-13-11-29(23-35(31)41-45-19-21-49(41)43(33)47-37)51-30-12-14-32-34-16-18-38(40-27(3)9-6-10-28(40)4)48-44(34)50-22-20-46-42(50)36(32)24-30/h5-24H,1-4H3. The van der Waals surface area contributed by atoms with Crippen LogP contribution in [-0.2, 0) is 0 Å². The third-order valence-corrected chi connectivity index (χ3v) is 10.2. The van der Waals surface area contributed by atoms with E-state index in [2.05, 4.69) is 121 Å². The number of aromatic nitrogens is 6. The molecule has 51 heavy (non-hydrogen) atoms. The highest BCUT2D eigenvalue weighted by molar-refractivity contribution is 6.12. The van der Waals surface area contributed by atoms with Crippen molar-refractivity contribution in [2.45, 2.75) is 27.7 Å². The predicted molar refractivity (Wildman–Crippen MR) is 206 cm³/mol. The molecule has 0 bridgehead atoms. The van der Waals surface area contributed by atoms with Gasteiger partial charge in [-0.2, -0.15) is 0 Å². The summed E-state index contributed by atoms with van der Waals surface area (Å²) in [6.45, 7) is 8.55. The molecule has 7 heteroatoms. The molecule has 0 spiro atoms. The van der Waals surface area contributed by atoms with Gasteiger partial charge in [0.2, 0.25) is 0 Å². The van der Waals surface area contributed by atoms with E-state index in [0.717, 1.165) is 77.8 Å². The number of hydrogen-bond acceptors (Lipinski definition) is 5. The molecule has 4 aromatic carbocycles. The van der Waals surface area contributed by atoms with Crippen LogP contribution in [0.3, 0.4) is 0 Å². The van der Waals surface area contributed by atoms with Crippen LogP contribution in [0, 0.1) is 27.7 Å². The lowest BCUT2D eigenvalue weighted by molar-refractivity contribution is 0.484. The third-order valence-electron chi connectivity index (χ3n) is 10.2. The van der Waals surface area contributed by atoms with E-state index in [1.807, 2.05) is 36.9 Å². The number of pyridine rings is 4. The Kier molecular flexibility index (Phi) is 6.30. The fourth-order valence-electron chi connectivity index (χ4n) is 7.90. The first-order chi connectivity index (χ1) is 24.9. The van der Waals surface area contributed by atoms with Gasteiger partial charge in [0, 0.05) is 57.5 Å². The number of hydrogen-bond donors (Lipinski definition) is 0.